The van der Waals surface area contributed by atoms with Crippen LogP contribution in [-0.2, 0) is 9.47 Å². The Kier molecular flexibility index (Phi) is 7.42. The van der Waals surface area contributed by atoms with Gasteiger partial charge in [0.25, 0.3) is 0 Å². The van der Waals surface area contributed by atoms with Crippen molar-refractivity contribution in [1.82, 2.24) is 20.0 Å². The molecule has 5 atom stereocenters. The van der Waals surface area contributed by atoms with Gasteiger partial charge in [0.05, 0.1) is 18.4 Å². The van der Waals surface area contributed by atoms with Gasteiger partial charge in [-0.2, -0.15) is 5.26 Å². The molecule has 3 heterocycles. The summed E-state index contributed by atoms with van der Waals surface area (Å²) in [6, 6.07) is 4.81. The highest BCUT2D eigenvalue weighted by Crippen LogP contribution is 2.39. The van der Waals surface area contributed by atoms with Crippen molar-refractivity contribution < 1.29 is 28.5 Å². The van der Waals surface area contributed by atoms with Gasteiger partial charge in [-0.25, -0.2) is 13.5 Å². The maximum atomic E-state index is 13.9. The van der Waals surface area contributed by atoms with Gasteiger partial charge in [-0.1, -0.05) is 28.6 Å². The molecule has 3 aromatic rings. The van der Waals surface area contributed by atoms with Crippen LogP contribution in [0.5, 0.6) is 0 Å². The Hall–Kier alpha value is -2.66. The van der Waals surface area contributed by atoms with Crippen LogP contribution in [0.15, 0.2) is 41.7 Å². The second kappa shape index (κ2) is 10.3. The van der Waals surface area contributed by atoms with Gasteiger partial charge in [0.1, 0.15) is 58.2 Å². The number of halogens is 3. The Morgan fingerprint density at radius 3 is 2.68 bits per heavy atom. The van der Waals surface area contributed by atoms with Crippen molar-refractivity contribution in [3.05, 3.63) is 59.0 Å². The summed E-state index contributed by atoms with van der Waals surface area (Å²) in [5.74, 6) is -1.89. The fourth-order valence-corrected chi connectivity index (χ4v) is 4.94. The Labute approximate surface area is 201 Å². The van der Waals surface area contributed by atoms with Crippen LogP contribution in [0.4, 0.5) is 8.78 Å². The van der Waals surface area contributed by atoms with Crippen molar-refractivity contribution in [1.29, 1.82) is 5.26 Å². The van der Waals surface area contributed by atoms with E-state index in [9.17, 15) is 19.0 Å². The summed E-state index contributed by atoms with van der Waals surface area (Å²) in [5, 5.41) is 37.2. The molecule has 34 heavy (non-hydrogen) atoms. The zero-order chi connectivity index (χ0) is 24.4. The lowest BCUT2D eigenvalue weighted by atomic mass is 9.97. The van der Waals surface area contributed by atoms with E-state index in [1.54, 1.807) is 12.3 Å². The van der Waals surface area contributed by atoms with Gasteiger partial charge in [0.2, 0.25) is 0 Å². The number of benzene rings is 1. The molecule has 178 valence electrons. The van der Waals surface area contributed by atoms with Crippen molar-refractivity contribution in [3.8, 4) is 17.3 Å². The molecule has 0 spiro atoms. The van der Waals surface area contributed by atoms with E-state index in [2.05, 4.69) is 15.3 Å². The van der Waals surface area contributed by atoms with Crippen molar-refractivity contribution in [2.45, 2.75) is 34.7 Å². The molecule has 2 N–H and O–H groups in total. The fraction of sp³-hybridized carbons (Fsp3) is 0.333. The van der Waals surface area contributed by atoms with E-state index >= 15 is 0 Å². The van der Waals surface area contributed by atoms with E-state index < -0.39 is 53.1 Å². The number of methoxy groups -OCH3 is 1. The molecule has 13 heteroatoms. The van der Waals surface area contributed by atoms with Crippen LogP contribution < -0.4 is 0 Å². The summed E-state index contributed by atoms with van der Waals surface area (Å²) in [4.78, 5) is 4.64. The highest BCUT2D eigenvalue weighted by atomic mass is 35.5. The lowest BCUT2D eigenvalue weighted by molar-refractivity contribution is -0.186. The molecule has 1 aromatic carbocycles. The number of ether oxygens (including phenoxy) is 2. The van der Waals surface area contributed by atoms with Gasteiger partial charge < -0.3 is 19.7 Å². The second-order valence-electron chi connectivity index (χ2n) is 7.38. The molecule has 1 aliphatic rings. The van der Waals surface area contributed by atoms with Crippen molar-refractivity contribution >= 4 is 23.4 Å². The van der Waals surface area contributed by atoms with Crippen LogP contribution in [0.1, 0.15) is 11.6 Å². The third kappa shape index (κ3) is 4.76. The van der Waals surface area contributed by atoms with Crippen LogP contribution in [0.3, 0.4) is 0 Å². The Morgan fingerprint density at radius 2 is 2.03 bits per heavy atom. The first-order valence-electron chi connectivity index (χ1n) is 9.92. The van der Waals surface area contributed by atoms with Gasteiger partial charge in [-0.3, -0.25) is 4.98 Å². The van der Waals surface area contributed by atoms with E-state index in [-0.39, 0.29) is 11.3 Å². The van der Waals surface area contributed by atoms with E-state index in [1.807, 2.05) is 6.07 Å². The number of thioether (sulfide) groups is 1. The number of aliphatic hydroxyl groups excluding tert-OH is 2. The van der Waals surface area contributed by atoms with Gasteiger partial charge in [-0.05, 0) is 18.2 Å². The molecule has 1 aliphatic heterocycles. The zero-order valence-corrected chi connectivity index (χ0v) is 19.1. The molecule has 2 aromatic heterocycles. The molecule has 0 bridgehead atoms. The Balaban J connectivity index is 1.67. The average molecular weight is 510 g/mol. The number of pyridine rings is 1. The third-order valence-electron chi connectivity index (χ3n) is 5.29. The highest BCUT2D eigenvalue weighted by molar-refractivity contribution is 7.99. The van der Waals surface area contributed by atoms with Gasteiger partial charge >= 0.3 is 0 Å². The predicted molar refractivity (Wildman–Crippen MR) is 117 cm³/mol. The summed E-state index contributed by atoms with van der Waals surface area (Å²) in [6.45, 7) is -0.489. The number of aromatic nitrogens is 4. The summed E-state index contributed by atoms with van der Waals surface area (Å²) < 4.78 is 40.6. The number of aliphatic hydroxyl groups is 2. The summed E-state index contributed by atoms with van der Waals surface area (Å²) in [7, 11) is 1.42. The fourth-order valence-electron chi connectivity index (χ4n) is 3.65. The molecule has 0 radical (unpaired) electrons. The first-order chi connectivity index (χ1) is 16.4. The van der Waals surface area contributed by atoms with Crippen molar-refractivity contribution in [3.63, 3.8) is 0 Å². The minimum absolute atomic E-state index is 0.102. The standard InChI is InChI=1S/C21H18ClF2N5O4S/c1-32-20-18(29-8-15(27-28-29)11-3-13(23)17(22)14(24)4-11)19(31)16(9-30)33-21(20)34-12-2-10(5-25)6-26-7-12/h2-4,6-8,16,18-21,30-31H,9H2,1H3/t16?,18-,19-,20?,21+/m0/s1. The molecule has 9 nitrogen and oxygen atoms in total. The zero-order valence-electron chi connectivity index (χ0n) is 17.5. The lowest BCUT2D eigenvalue weighted by Crippen LogP contribution is -2.55. The van der Waals surface area contributed by atoms with Crippen molar-refractivity contribution in [2.24, 2.45) is 0 Å². The summed E-state index contributed by atoms with van der Waals surface area (Å²) in [6.07, 6.45) is 1.35. The lowest BCUT2D eigenvalue weighted by Gasteiger charge is -2.43. The Morgan fingerprint density at radius 1 is 1.29 bits per heavy atom. The number of hydrogen-bond acceptors (Lipinski definition) is 9. The molecule has 0 aliphatic carbocycles. The molecule has 1 saturated heterocycles. The number of rotatable bonds is 6. The number of nitriles is 1. The predicted octanol–water partition coefficient (Wildman–Crippen LogP) is 2.57. The minimum atomic E-state index is -1.25. The maximum absolute atomic E-state index is 13.9. The quantitative estimate of drug-likeness (QED) is 0.482. The van der Waals surface area contributed by atoms with Crippen LogP contribution in [0.2, 0.25) is 5.02 Å². The maximum Gasteiger partial charge on any atom is 0.145 e. The van der Waals surface area contributed by atoms with Gasteiger partial charge in [0.15, 0.2) is 0 Å². The topological polar surface area (TPSA) is 126 Å². The molecule has 1 fully saturated rings. The van der Waals surface area contributed by atoms with E-state index in [4.69, 9.17) is 26.3 Å². The third-order valence-corrected chi connectivity index (χ3v) is 6.75. The molecule has 0 saturated carbocycles. The van der Waals surface area contributed by atoms with Crippen molar-refractivity contribution in [2.75, 3.05) is 13.7 Å². The monoisotopic (exact) mass is 509 g/mol. The smallest absolute Gasteiger partial charge is 0.145 e. The summed E-state index contributed by atoms with van der Waals surface area (Å²) >= 11 is 6.75. The van der Waals surface area contributed by atoms with Gasteiger partial charge in [0, 0.05) is 30.0 Å². The normalized spacial score (nSPS) is 24.7. The van der Waals surface area contributed by atoms with Crippen LogP contribution in [0, 0.1) is 23.0 Å². The number of hydrogen-bond donors (Lipinski definition) is 2. The van der Waals surface area contributed by atoms with Crippen LogP contribution in [0.25, 0.3) is 11.3 Å². The first-order valence-corrected chi connectivity index (χ1v) is 11.2. The highest BCUT2D eigenvalue weighted by Gasteiger charge is 2.47. The summed E-state index contributed by atoms with van der Waals surface area (Å²) in [5.41, 5.74) is -0.137. The Bertz CT molecular complexity index is 1200. The molecule has 0 amide bonds. The van der Waals surface area contributed by atoms with Crippen LogP contribution >= 0.6 is 23.4 Å². The van der Waals surface area contributed by atoms with E-state index in [1.165, 1.54) is 35.9 Å². The molecule has 2 unspecified atom stereocenters. The minimum Gasteiger partial charge on any atom is -0.394 e. The second-order valence-corrected chi connectivity index (χ2v) is 8.93. The number of nitrogens with zero attached hydrogens (tertiary/aromatic N) is 5. The average Bonchev–Trinajstić information content (AvgIpc) is 3.32. The largest absolute Gasteiger partial charge is 0.394 e. The van der Waals surface area contributed by atoms with Gasteiger partial charge in [-0.15, -0.1) is 5.10 Å². The molecular formula is C21H18ClF2N5O4S. The SMILES string of the molecule is COC1[C@@H](Sc2cncc(C#N)c2)OC(CO)[C@H](O)[C@@H]1n1cc(-c2cc(F)c(Cl)c(F)c2)nn1. The van der Waals surface area contributed by atoms with E-state index in [0.29, 0.717) is 10.5 Å². The molecule has 4 rings (SSSR count). The molecular weight excluding hydrogens is 492 g/mol. The van der Waals surface area contributed by atoms with Crippen LogP contribution in [-0.4, -0.2) is 67.7 Å². The van der Waals surface area contributed by atoms with E-state index in [0.717, 1.165) is 12.1 Å². The first kappa shape index (κ1) is 24.5.